The lowest BCUT2D eigenvalue weighted by Gasteiger charge is -2.18. The van der Waals surface area contributed by atoms with Crippen LogP contribution in [-0.4, -0.2) is 46.0 Å². The maximum absolute atomic E-state index is 12.8. The summed E-state index contributed by atoms with van der Waals surface area (Å²) in [6.07, 6.45) is 0. The molecule has 2 atom stereocenters. The van der Waals surface area contributed by atoms with Crippen LogP contribution in [0.15, 0.2) is 27.6 Å². The molecule has 1 aromatic rings. The van der Waals surface area contributed by atoms with Crippen molar-refractivity contribution >= 4 is 38.4 Å². The van der Waals surface area contributed by atoms with Crippen LogP contribution in [0.4, 0.5) is 0 Å². The molecule has 0 aliphatic carbocycles. The molecule has 2 saturated heterocycles. The molecule has 0 bridgehead atoms. The molecule has 2 aliphatic heterocycles. The molecule has 0 aromatic heterocycles. The monoisotopic (exact) mass is 396 g/mol. The quantitative estimate of drug-likeness (QED) is 0.844. The molecule has 0 spiro atoms. The van der Waals surface area contributed by atoms with Gasteiger partial charge < -0.3 is 10.1 Å². The van der Waals surface area contributed by atoms with Crippen LogP contribution in [0.3, 0.4) is 0 Å². The molecule has 0 amide bonds. The Morgan fingerprint density at radius 1 is 1.29 bits per heavy atom. The lowest BCUT2D eigenvalue weighted by molar-refractivity contribution is 0.412. The molecular weight excluding hydrogens is 380 g/mol. The van der Waals surface area contributed by atoms with Crippen molar-refractivity contribution in [3.05, 3.63) is 22.7 Å². The maximum Gasteiger partial charge on any atom is 0.244 e. The highest BCUT2D eigenvalue weighted by molar-refractivity contribution is 9.10. The summed E-state index contributed by atoms with van der Waals surface area (Å²) >= 11 is 3.33. The molecule has 21 heavy (non-hydrogen) atoms. The predicted octanol–water partition coefficient (Wildman–Crippen LogP) is 1.72. The van der Waals surface area contributed by atoms with E-state index in [2.05, 4.69) is 21.2 Å². The molecule has 8 heteroatoms. The predicted molar refractivity (Wildman–Crippen MR) is 86.6 cm³/mol. The molecule has 2 heterocycles. The molecule has 0 saturated carbocycles. The largest absolute Gasteiger partial charge is 0.497 e. The number of methoxy groups -OCH3 is 1. The average molecular weight is 398 g/mol. The second-order valence-corrected chi connectivity index (χ2v) is 8.06. The van der Waals surface area contributed by atoms with E-state index in [1.807, 2.05) is 0 Å². The zero-order valence-electron chi connectivity index (χ0n) is 11.6. The number of hydrogen-bond donors (Lipinski definition) is 1. The van der Waals surface area contributed by atoms with Gasteiger partial charge in [-0.15, -0.1) is 12.4 Å². The van der Waals surface area contributed by atoms with Crippen LogP contribution in [0, 0.1) is 11.8 Å². The molecular formula is C13H18BrClN2O3S. The van der Waals surface area contributed by atoms with Gasteiger partial charge in [0.15, 0.2) is 0 Å². The van der Waals surface area contributed by atoms with E-state index >= 15 is 0 Å². The van der Waals surface area contributed by atoms with Gasteiger partial charge in [0.25, 0.3) is 0 Å². The molecule has 1 N–H and O–H groups in total. The van der Waals surface area contributed by atoms with Gasteiger partial charge in [-0.3, -0.25) is 0 Å². The second-order valence-electron chi connectivity index (χ2n) is 5.30. The first kappa shape index (κ1) is 17.0. The topological polar surface area (TPSA) is 58.6 Å². The van der Waals surface area contributed by atoms with E-state index < -0.39 is 10.0 Å². The minimum atomic E-state index is -3.47. The van der Waals surface area contributed by atoms with Crippen molar-refractivity contribution in [3.8, 4) is 5.75 Å². The van der Waals surface area contributed by atoms with Gasteiger partial charge in [-0.1, -0.05) is 0 Å². The van der Waals surface area contributed by atoms with Gasteiger partial charge in [0.1, 0.15) is 10.6 Å². The molecule has 118 valence electrons. The first-order chi connectivity index (χ1) is 9.52. The number of benzene rings is 1. The van der Waals surface area contributed by atoms with Crippen LogP contribution in [-0.2, 0) is 10.0 Å². The third kappa shape index (κ3) is 3.07. The third-order valence-corrected chi connectivity index (χ3v) is 6.94. The summed E-state index contributed by atoms with van der Waals surface area (Å²) < 4.78 is 32.9. The highest BCUT2D eigenvalue weighted by atomic mass is 79.9. The number of ether oxygens (including phenoxy) is 1. The summed E-state index contributed by atoms with van der Waals surface area (Å²) in [7, 11) is -1.93. The third-order valence-electron chi connectivity index (χ3n) is 4.11. The van der Waals surface area contributed by atoms with Crippen LogP contribution < -0.4 is 10.1 Å². The van der Waals surface area contributed by atoms with Crippen LogP contribution in [0.2, 0.25) is 0 Å². The van der Waals surface area contributed by atoms with E-state index in [1.54, 1.807) is 22.5 Å². The van der Waals surface area contributed by atoms with Crippen LogP contribution >= 0.6 is 28.3 Å². The number of fused-ring (bicyclic) bond motifs is 1. The van der Waals surface area contributed by atoms with Crippen LogP contribution in [0.25, 0.3) is 0 Å². The molecule has 2 aliphatic rings. The molecule has 2 fully saturated rings. The van der Waals surface area contributed by atoms with Crippen LogP contribution in [0.5, 0.6) is 5.75 Å². The number of halogens is 2. The van der Waals surface area contributed by atoms with Gasteiger partial charge in [0.05, 0.1) is 7.11 Å². The Bertz CT molecular complexity index is 614. The first-order valence-corrected chi connectivity index (χ1v) is 8.80. The van der Waals surface area contributed by atoms with Crippen LogP contribution in [0.1, 0.15) is 0 Å². The van der Waals surface area contributed by atoms with E-state index in [0.717, 1.165) is 13.1 Å². The Morgan fingerprint density at radius 3 is 2.48 bits per heavy atom. The van der Waals surface area contributed by atoms with Crippen molar-refractivity contribution in [1.82, 2.24) is 9.62 Å². The Labute approximate surface area is 139 Å². The first-order valence-electron chi connectivity index (χ1n) is 6.57. The summed E-state index contributed by atoms with van der Waals surface area (Å²) in [5.74, 6) is 1.43. The normalized spacial score (nSPS) is 25.4. The molecule has 5 nitrogen and oxygen atoms in total. The summed E-state index contributed by atoms with van der Waals surface area (Å²) in [6, 6.07) is 5.03. The zero-order valence-corrected chi connectivity index (χ0v) is 14.8. The van der Waals surface area contributed by atoms with Crippen molar-refractivity contribution in [3.63, 3.8) is 0 Å². The van der Waals surface area contributed by atoms with Crippen molar-refractivity contribution < 1.29 is 13.2 Å². The van der Waals surface area contributed by atoms with Crippen molar-refractivity contribution in [2.24, 2.45) is 11.8 Å². The molecule has 3 rings (SSSR count). The van der Waals surface area contributed by atoms with Gasteiger partial charge in [-0.25, -0.2) is 8.42 Å². The van der Waals surface area contributed by atoms with E-state index in [4.69, 9.17) is 4.74 Å². The fourth-order valence-electron chi connectivity index (χ4n) is 2.96. The molecule has 0 unspecified atom stereocenters. The zero-order chi connectivity index (χ0) is 14.3. The second kappa shape index (κ2) is 6.42. The fourth-order valence-corrected chi connectivity index (χ4v) is 5.45. The smallest absolute Gasteiger partial charge is 0.244 e. The summed E-state index contributed by atoms with van der Waals surface area (Å²) in [6.45, 7) is 3.03. The standard InChI is InChI=1S/C13H17BrN2O3S.ClH/c1-19-11-2-3-12(14)13(4-11)20(17,18)16-7-9-5-15-6-10(9)8-16;/h2-4,9-10,15H,5-8H2,1H3;1H/t9-,10+;. The van der Waals surface area contributed by atoms with Gasteiger partial charge in [0.2, 0.25) is 10.0 Å². The van der Waals surface area contributed by atoms with Gasteiger partial charge in [0, 0.05) is 23.6 Å². The van der Waals surface area contributed by atoms with E-state index in [0.29, 0.717) is 35.1 Å². The molecule has 1 aromatic carbocycles. The lowest BCUT2D eigenvalue weighted by Crippen LogP contribution is -2.32. The highest BCUT2D eigenvalue weighted by Crippen LogP contribution is 2.34. The SMILES string of the molecule is COc1ccc(Br)c(S(=O)(=O)N2C[C@H]3CNC[C@H]3C2)c1.Cl. The summed E-state index contributed by atoms with van der Waals surface area (Å²) in [4.78, 5) is 0.282. The van der Waals surface area contributed by atoms with Gasteiger partial charge >= 0.3 is 0 Å². The van der Waals surface area contributed by atoms with E-state index in [-0.39, 0.29) is 17.3 Å². The van der Waals surface area contributed by atoms with Gasteiger partial charge in [-0.05, 0) is 53.0 Å². The number of nitrogens with zero attached hydrogens (tertiary/aromatic N) is 1. The molecule has 0 radical (unpaired) electrons. The van der Waals surface area contributed by atoms with Crippen molar-refractivity contribution in [1.29, 1.82) is 0 Å². The number of sulfonamides is 1. The Kier molecular flexibility index (Phi) is 5.20. The summed E-state index contributed by atoms with van der Waals surface area (Å²) in [5.41, 5.74) is 0. The maximum atomic E-state index is 12.8. The lowest BCUT2D eigenvalue weighted by atomic mass is 10.0. The van der Waals surface area contributed by atoms with E-state index in [1.165, 1.54) is 7.11 Å². The Morgan fingerprint density at radius 2 is 1.90 bits per heavy atom. The van der Waals surface area contributed by atoms with Gasteiger partial charge in [-0.2, -0.15) is 4.31 Å². The minimum Gasteiger partial charge on any atom is -0.497 e. The highest BCUT2D eigenvalue weighted by Gasteiger charge is 2.42. The van der Waals surface area contributed by atoms with E-state index in [9.17, 15) is 8.42 Å². The Balaban J connectivity index is 0.00000161. The average Bonchev–Trinajstić information content (AvgIpc) is 3.00. The Hall–Kier alpha value is -0.340. The van der Waals surface area contributed by atoms with Crippen molar-refractivity contribution in [2.45, 2.75) is 4.90 Å². The van der Waals surface area contributed by atoms with Crippen molar-refractivity contribution in [2.75, 3.05) is 33.3 Å². The summed E-state index contributed by atoms with van der Waals surface area (Å²) in [5, 5.41) is 3.31. The number of rotatable bonds is 3. The minimum absolute atomic E-state index is 0. The number of nitrogens with one attached hydrogen (secondary N) is 1. The number of hydrogen-bond acceptors (Lipinski definition) is 4. The fraction of sp³-hybridized carbons (Fsp3) is 0.538.